The van der Waals surface area contributed by atoms with Crippen molar-refractivity contribution in [2.45, 2.75) is 6.18 Å². The van der Waals surface area contributed by atoms with Crippen molar-refractivity contribution in [1.29, 1.82) is 0 Å². The Kier molecular flexibility index (Phi) is 5.44. The lowest BCUT2D eigenvalue weighted by atomic mass is 10.2. The van der Waals surface area contributed by atoms with Gasteiger partial charge < -0.3 is 15.4 Å². The predicted octanol–water partition coefficient (Wildman–Crippen LogP) is 5.68. The first-order valence-corrected chi connectivity index (χ1v) is 7.94. The Bertz CT molecular complexity index is 958. The van der Waals surface area contributed by atoms with Crippen molar-refractivity contribution in [1.82, 2.24) is 4.98 Å². The van der Waals surface area contributed by atoms with Crippen molar-refractivity contribution in [2.75, 3.05) is 10.6 Å². The number of ether oxygens (including phenoxy) is 1. The normalized spacial score (nSPS) is 11.0. The monoisotopic (exact) mass is 391 g/mol. The van der Waals surface area contributed by atoms with Crippen LogP contribution in [0.5, 0.6) is 11.6 Å². The number of halogens is 4. The van der Waals surface area contributed by atoms with Gasteiger partial charge in [-0.2, -0.15) is 13.2 Å². The minimum atomic E-state index is -4.47. The van der Waals surface area contributed by atoms with Crippen molar-refractivity contribution in [3.8, 4) is 11.6 Å². The van der Waals surface area contributed by atoms with Crippen LogP contribution >= 0.6 is 0 Å². The molecule has 0 unspecified atom stereocenters. The number of amides is 2. The van der Waals surface area contributed by atoms with Crippen LogP contribution < -0.4 is 15.4 Å². The molecular weight excluding hydrogens is 378 g/mol. The summed E-state index contributed by atoms with van der Waals surface area (Å²) < 4.78 is 56.3. The summed E-state index contributed by atoms with van der Waals surface area (Å²) in [5.74, 6) is -0.382. The molecular formula is C19H13F4N3O2. The summed E-state index contributed by atoms with van der Waals surface area (Å²) in [5.41, 5.74) is -0.104. The molecule has 0 aliphatic carbocycles. The minimum Gasteiger partial charge on any atom is -0.439 e. The largest absolute Gasteiger partial charge is 0.439 e. The number of aromatic nitrogens is 1. The fourth-order valence-electron chi connectivity index (χ4n) is 2.20. The summed E-state index contributed by atoms with van der Waals surface area (Å²) in [5, 5.41) is 5.02. The molecule has 2 N–H and O–H groups in total. The number of carbonyl (C=O) groups excluding carboxylic acids is 1. The smallest absolute Gasteiger partial charge is 0.416 e. The highest BCUT2D eigenvalue weighted by Gasteiger charge is 2.30. The van der Waals surface area contributed by atoms with Crippen LogP contribution in [0.3, 0.4) is 0 Å². The highest BCUT2D eigenvalue weighted by atomic mass is 19.4. The zero-order valence-corrected chi connectivity index (χ0v) is 14.1. The summed E-state index contributed by atoms with van der Waals surface area (Å²) in [6, 6.07) is 11.9. The average molecular weight is 391 g/mol. The summed E-state index contributed by atoms with van der Waals surface area (Å²) >= 11 is 0. The van der Waals surface area contributed by atoms with Crippen molar-refractivity contribution < 1.29 is 27.1 Å². The van der Waals surface area contributed by atoms with Gasteiger partial charge >= 0.3 is 12.2 Å². The van der Waals surface area contributed by atoms with Crippen molar-refractivity contribution in [2.24, 2.45) is 0 Å². The molecule has 1 heterocycles. The minimum absolute atomic E-state index is 0.0166. The van der Waals surface area contributed by atoms with Gasteiger partial charge in [-0.15, -0.1) is 0 Å². The van der Waals surface area contributed by atoms with Gasteiger partial charge in [-0.3, -0.25) is 0 Å². The fraction of sp³-hybridized carbons (Fsp3) is 0.0526. The van der Waals surface area contributed by atoms with E-state index in [0.717, 1.165) is 12.1 Å². The van der Waals surface area contributed by atoms with Crippen molar-refractivity contribution in [3.63, 3.8) is 0 Å². The van der Waals surface area contributed by atoms with E-state index in [9.17, 15) is 22.4 Å². The molecule has 0 spiro atoms. The topological polar surface area (TPSA) is 63.2 Å². The molecule has 0 saturated carbocycles. The maximum Gasteiger partial charge on any atom is 0.416 e. The number of nitrogens with zero attached hydrogens (tertiary/aromatic N) is 1. The third kappa shape index (κ3) is 5.19. The number of urea groups is 1. The van der Waals surface area contributed by atoms with E-state index in [2.05, 4.69) is 15.6 Å². The Morgan fingerprint density at radius 2 is 1.61 bits per heavy atom. The van der Waals surface area contributed by atoms with Gasteiger partial charge in [0.15, 0.2) is 0 Å². The standard InChI is InChI=1S/C19H13F4N3O2/c20-13-4-6-14(7-5-13)25-18(27)26-15-8-9-17(24-11-15)28-16-3-1-2-12(10-16)19(21,22)23/h1-11H,(H2,25,26,27). The number of hydrogen-bond donors (Lipinski definition) is 2. The number of rotatable bonds is 4. The molecule has 0 aliphatic heterocycles. The van der Waals surface area contributed by atoms with Crippen LogP contribution in [0.2, 0.25) is 0 Å². The Balaban J connectivity index is 1.60. The Hall–Kier alpha value is -3.62. The molecule has 0 atom stereocenters. The third-order valence-corrected chi connectivity index (χ3v) is 3.48. The predicted molar refractivity (Wildman–Crippen MR) is 94.8 cm³/mol. The molecule has 2 amide bonds. The second-order valence-corrected chi connectivity index (χ2v) is 5.60. The SMILES string of the molecule is O=C(Nc1ccc(F)cc1)Nc1ccc(Oc2cccc(C(F)(F)F)c2)nc1. The van der Waals surface area contributed by atoms with Gasteiger partial charge in [0, 0.05) is 11.8 Å². The molecule has 0 fully saturated rings. The Morgan fingerprint density at radius 1 is 0.929 bits per heavy atom. The highest BCUT2D eigenvalue weighted by Crippen LogP contribution is 2.32. The number of benzene rings is 2. The molecule has 0 radical (unpaired) electrons. The fourth-order valence-corrected chi connectivity index (χ4v) is 2.20. The van der Waals surface area contributed by atoms with Crippen LogP contribution in [-0.2, 0) is 6.18 Å². The number of carbonyl (C=O) groups is 1. The number of alkyl halides is 3. The zero-order chi connectivity index (χ0) is 20.1. The first-order valence-electron chi connectivity index (χ1n) is 7.94. The summed E-state index contributed by atoms with van der Waals surface area (Å²) in [6.45, 7) is 0. The van der Waals surface area contributed by atoms with Gasteiger partial charge in [-0.05, 0) is 48.5 Å². The van der Waals surface area contributed by atoms with Crippen molar-refractivity contribution >= 4 is 17.4 Å². The number of hydrogen-bond acceptors (Lipinski definition) is 3. The average Bonchev–Trinajstić information content (AvgIpc) is 2.65. The van der Waals surface area contributed by atoms with E-state index in [0.29, 0.717) is 11.4 Å². The van der Waals surface area contributed by atoms with Crippen LogP contribution in [0.1, 0.15) is 5.56 Å². The molecule has 9 heteroatoms. The summed E-state index contributed by atoms with van der Waals surface area (Å²) in [6.07, 6.45) is -3.19. The Morgan fingerprint density at radius 3 is 2.25 bits per heavy atom. The quantitative estimate of drug-likeness (QED) is 0.563. The van der Waals surface area contributed by atoms with Gasteiger partial charge in [-0.1, -0.05) is 6.07 Å². The van der Waals surface area contributed by atoms with E-state index >= 15 is 0 Å². The second-order valence-electron chi connectivity index (χ2n) is 5.60. The van der Waals surface area contributed by atoms with Crippen molar-refractivity contribution in [3.05, 3.63) is 78.2 Å². The van der Waals surface area contributed by atoms with Crippen LogP contribution in [0.15, 0.2) is 66.9 Å². The lowest BCUT2D eigenvalue weighted by Crippen LogP contribution is -2.19. The molecule has 0 saturated heterocycles. The number of nitrogens with one attached hydrogen (secondary N) is 2. The molecule has 2 aromatic carbocycles. The van der Waals surface area contributed by atoms with E-state index in [1.807, 2.05) is 0 Å². The first-order chi connectivity index (χ1) is 13.3. The lowest BCUT2D eigenvalue weighted by Gasteiger charge is -2.10. The van der Waals surface area contributed by atoms with Crippen LogP contribution in [0.4, 0.5) is 33.7 Å². The van der Waals surface area contributed by atoms with Gasteiger partial charge in [0.05, 0.1) is 17.4 Å². The molecule has 5 nitrogen and oxygen atoms in total. The first kappa shape index (κ1) is 19.2. The third-order valence-electron chi connectivity index (χ3n) is 3.48. The van der Waals surface area contributed by atoms with E-state index in [1.54, 1.807) is 0 Å². The van der Waals surface area contributed by atoms with Crippen LogP contribution in [-0.4, -0.2) is 11.0 Å². The molecule has 144 valence electrons. The van der Waals surface area contributed by atoms with Crippen LogP contribution in [0, 0.1) is 5.82 Å². The molecule has 3 rings (SSSR count). The molecule has 0 bridgehead atoms. The summed E-state index contributed by atoms with van der Waals surface area (Å²) in [4.78, 5) is 15.8. The highest BCUT2D eigenvalue weighted by molar-refractivity contribution is 5.99. The van der Waals surface area contributed by atoms with E-state index in [-0.39, 0.29) is 11.6 Å². The zero-order valence-electron chi connectivity index (χ0n) is 14.1. The lowest BCUT2D eigenvalue weighted by molar-refractivity contribution is -0.137. The summed E-state index contributed by atoms with van der Waals surface area (Å²) in [7, 11) is 0. The van der Waals surface area contributed by atoms with E-state index < -0.39 is 23.6 Å². The molecule has 0 aliphatic rings. The number of pyridine rings is 1. The van der Waals surface area contributed by atoms with E-state index in [1.165, 1.54) is 54.7 Å². The maximum atomic E-state index is 12.8. The van der Waals surface area contributed by atoms with Crippen LogP contribution in [0.25, 0.3) is 0 Å². The van der Waals surface area contributed by atoms with Gasteiger partial charge in [0.1, 0.15) is 11.6 Å². The molecule has 28 heavy (non-hydrogen) atoms. The molecule has 1 aromatic heterocycles. The van der Waals surface area contributed by atoms with Gasteiger partial charge in [0.2, 0.25) is 5.88 Å². The second kappa shape index (κ2) is 7.95. The maximum absolute atomic E-state index is 12.8. The van der Waals surface area contributed by atoms with E-state index in [4.69, 9.17) is 4.74 Å². The Labute approximate surface area is 157 Å². The van der Waals surface area contributed by atoms with Gasteiger partial charge in [0.25, 0.3) is 0 Å². The van der Waals surface area contributed by atoms with Gasteiger partial charge in [-0.25, -0.2) is 14.2 Å². The number of anilines is 2. The molecule has 3 aromatic rings.